The number of nitrogens with one attached hydrogen (secondary N) is 2. The van der Waals surface area contributed by atoms with E-state index in [0.29, 0.717) is 5.92 Å². The zero-order chi connectivity index (χ0) is 16.7. The Hall–Kier alpha value is -1.57. The molecule has 2 N–H and O–H groups in total. The summed E-state index contributed by atoms with van der Waals surface area (Å²) in [6, 6.07) is -0.391. The van der Waals surface area contributed by atoms with Crippen molar-refractivity contribution in [3.8, 4) is 0 Å². The number of hydrogen-bond acceptors (Lipinski definition) is 4. The molecule has 8 heteroatoms. The number of carbonyl (C=O) groups is 2. The van der Waals surface area contributed by atoms with E-state index in [9.17, 15) is 9.59 Å². The fraction of sp³-hybridized carbons (Fsp3) is 0.667. The van der Waals surface area contributed by atoms with Crippen LogP contribution in [-0.4, -0.2) is 46.1 Å². The summed E-state index contributed by atoms with van der Waals surface area (Å²) in [5.74, 6) is 1.24. The second-order valence-electron chi connectivity index (χ2n) is 6.53. The van der Waals surface area contributed by atoms with E-state index < -0.39 is 12.1 Å². The standard InChI is InChI=1S/C15H21BrN4O3/c1-7(2)12(19-15(22)23-3)14(21)20-9-4-8(9)5-10(20)13-17-6-11(16)18-13/h6-10,12H,4-5H2,1-3H3,(H,17,18)(H,19,22)/t8-,9?,10+,12+/m1/s1. The minimum absolute atomic E-state index is 0.0246. The van der Waals surface area contributed by atoms with Crippen molar-refractivity contribution in [1.82, 2.24) is 20.2 Å². The number of aromatic nitrogens is 2. The molecule has 0 radical (unpaired) electrons. The predicted molar refractivity (Wildman–Crippen MR) is 86.6 cm³/mol. The average molecular weight is 385 g/mol. The molecule has 126 valence electrons. The van der Waals surface area contributed by atoms with Gasteiger partial charge >= 0.3 is 6.09 Å². The van der Waals surface area contributed by atoms with Gasteiger partial charge in [-0.1, -0.05) is 13.8 Å². The van der Waals surface area contributed by atoms with Crippen LogP contribution in [0.4, 0.5) is 4.79 Å². The molecule has 7 nitrogen and oxygen atoms in total. The van der Waals surface area contributed by atoms with E-state index in [-0.39, 0.29) is 23.9 Å². The maximum absolute atomic E-state index is 13.1. The lowest BCUT2D eigenvalue weighted by atomic mass is 10.0. The molecule has 1 saturated heterocycles. The van der Waals surface area contributed by atoms with Crippen molar-refractivity contribution in [2.75, 3.05) is 7.11 Å². The lowest BCUT2D eigenvalue weighted by Crippen LogP contribution is -2.52. The van der Waals surface area contributed by atoms with Gasteiger partial charge in [0.25, 0.3) is 0 Å². The highest BCUT2D eigenvalue weighted by molar-refractivity contribution is 9.10. The zero-order valence-corrected chi connectivity index (χ0v) is 15.0. The van der Waals surface area contributed by atoms with Crippen molar-refractivity contribution in [3.63, 3.8) is 0 Å². The van der Waals surface area contributed by atoms with Crippen LogP contribution in [0.25, 0.3) is 0 Å². The summed E-state index contributed by atoms with van der Waals surface area (Å²) < 4.78 is 5.45. The van der Waals surface area contributed by atoms with Gasteiger partial charge in [-0.3, -0.25) is 4.79 Å². The molecule has 1 aliphatic carbocycles. The van der Waals surface area contributed by atoms with Crippen LogP contribution in [-0.2, 0) is 9.53 Å². The molecule has 2 aliphatic rings. The van der Waals surface area contributed by atoms with E-state index >= 15 is 0 Å². The van der Waals surface area contributed by atoms with Crippen molar-refractivity contribution in [2.45, 2.75) is 44.8 Å². The number of alkyl carbamates (subject to hydrolysis) is 1. The minimum atomic E-state index is -0.595. The van der Waals surface area contributed by atoms with Crippen molar-refractivity contribution in [1.29, 1.82) is 0 Å². The Labute approximate surface area is 143 Å². The van der Waals surface area contributed by atoms with E-state index in [1.165, 1.54) is 7.11 Å². The number of fused-ring (bicyclic) bond motifs is 1. The van der Waals surface area contributed by atoms with Gasteiger partial charge in [0.2, 0.25) is 5.91 Å². The van der Waals surface area contributed by atoms with Crippen molar-refractivity contribution in [3.05, 3.63) is 16.6 Å². The minimum Gasteiger partial charge on any atom is -0.453 e. The first kappa shape index (κ1) is 16.3. The van der Waals surface area contributed by atoms with Gasteiger partial charge in [-0.15, -0.1) is 0 Å². The molecule has 2 fully saturated rings. The third-order valence-corrected chi connectivity index (χ3v) is 5.03. The number of halogens is 1. The summed E-state index contributed by atoms with van der Waals surface area (Å²) in [5.41, 5.74) is 0. The molecule has 2 heterocycles. The van der Waals surface area contributed by atoms with Crippen molar-refractivity contribution >= 4 is 27.9 Å². The van der Waals surface area contributed by atoms with E-state index in [2.05, 4.69) is 36.0 Å². The molecule has 3 rings (SSSR count). The van der Waals surface area contributed by atoms with Gasteiger partial charge in [0.1, 0.15) is 16.5 Å². The third-order valence-electron chi connectivity index (χ3n) is 4.63. The lowest BCUT2D eigenvalue weighted by molar-refractivity contribution is -0.136. The largest absolute Gasteiger partial charge is 0.453 e. The molecule has 0 bridgehead atoms. The SMILES string of the molecule is COC(=O)N[C@H](C(=O)N1C2C[C@@H]2C[C@H]1c1ncc(Br)[nH]1)C(C)C. The molecule has 1 aliphatic heterocycles. The molecule has 4 atom stereocenters. The van der Waals surface area contributed by atoms with E-state index in [4.69, 9.17) is 0 Å². The topological polar surface area (TPSA) is 87.3 Å². The lowest BCUT2D eigenvalue weighted by Gasteiger charge is -2.31. The van der Waals surface area contributed by atoms with Crippen LogP contribution < -0.4 is 5.32 Å². The first-order chi connectivity index (χ1) is 10.9. The molecule has 1 saturated carbocycles. The van der Waals surface area contributed by atoms with Gasteiger partial charge in [0.05, 0.1) is 19.3 Å². The smallest absolute Gasteiger partial charge is 0.407 e. The molecule has 2 amide bonds. The number of ether oxygens (including phenoxy) is 1. The molecule has 1 aromatic rings. The summed E-state index contributed by atoms with van der Waals surface area (Å²) in [6.45, 7) is 3.83. The highest BCUT2D eigenvalue weighted by atomic mass is 79.9. The number of rotatable bonds is 4. The Balaban J connectivity index is 1.81. The molecule has 23 heavy (non-hydrogen) atoms. The summed E-state index contributed by atoms with van der Waals surface area (Å²) in [5, 5.41) is 2.67. The van der Waals surface area contributed by atoms with Crippen LogP contribution in [0.15, 0.2) is 10.8 Å². The van der Waals surface area contributed by atoms with Gasteiger partial charge in [-0.2, -0.15) is 0 Å². The fourth-order valence-corrected chi connectivity index (χ4v) is 3.67. The van der Waals surface area contributed by atoms with Gasteiger partial charge in [-0.25, -0.2) is 9.78 Å². The zero-order valence-electron chi connectivity index (χ0n) is 13.4. The Morgan fingerprint density at radius 1 is 1.48 bits per heavy atom. The first-order valence-electron chi connectivity index (χ1n) is 7.79. The van der Waals surface area contributed by atoms with Crippen LogP contribution in [0.1, 0.15) is 38.6 Å². The Morgan fingerprint density at radius 3 is 2.78 bits per heavy atom. The van der Waals surface area contributed by atoms with Crippen LogP contribution >= 0.6 is 15.9 Å². The number of methoxy groups -OCH3 is 1. The van der Waals surface area contributed by atoms with Gasteiger partial charge < -0.3 is 19.9 Å². The van der Waals surface area contributed by atoms with Crippen LogP contribution in [0, 0.1) is 11.8 Å². The van der Waals surface area contributed by atoms with Gasteiger partial charge in [-0.05, 0) is 40.6 Å². The van der Waals surface area contributed by atoms with E-state index in [1.54, 1.807) is 6.20 Å². The summed E-state index contributed by atoms with van der Waals surface area (Å²) in [4.78, 5) is 34.1. The van der Waals surface area contributed by atoms with Gasteiger partial charge in [0.15, 0.2) is 0 Å². The van der Waals surface area contributed by atoms with E-state index in [0.717, 1.165) is 23.3 Å². The number of aromatic amines is 1. The highest BCUT2D eigenvalue weighted by Crippen LogP contribution is 2.53. The third kappa shape index (κ3) is 3.08. The molecule has 0 spiro atoms. The number of H-pyrrole nitrogens is 1. The van der Waals surface area contributed by atoms with E-state index in [1.807, 2.05) is 18.7 Å². The molecular formula is C15H21BrN4O3. The first-order valence-corrected chi connectivity index (χ1v) is 8.58. The highest BCUT2D eigenvalue weighted by Gasteiger charge is 2.56. The monoisotopic (exact) mass is 384 g/mol. The number of amides is 2. The number of likely N-dealkylation sites (tertiary alicyclic amines) is 1. The van der Waals surface area contributed by atoms with Crippen molar-refractivity contribution < 1.29 is 14.3 Å². The summed E-state index contributed by atoms with van der Waals surface area (Å²) in [6.07, 6.45) is 3.07. The quantitative estimate of drug-likeness (QED) is 0.832. The predicted octanol–water partition coefficient (Wildman–Crippen LogP) is 2.21. The molecule has 1 unspecified atom stereocenters. The molecule has 0 aromatic carbocycles. The normalized spacial score (nSPS) is 26.8. The molecule has 1 aromatic heterocycles. The van der Waals surface area contributed by atoms with Gasteiger partial charge in [0, 0.05) is 6.04 Å². The summed E-state index contributed by atoms with van der Waals surface area (Å²) in [7, 11) is 1.30. The van der Waals surface area contributed by atoms with Crippen LogP contribution in [0.3, 0.4) is 0 Å². The number of hydrogen-bond donors (Lipinski definition) is 2. The Morgan fingerprint density at radius 2 is 2.22 bits per heavy atom. The number of carbonyl (C=O) groups excluding carboxylic acids is 2. The fourth-order valence-electron chi connectivity index (χ4n) is 3.36. The Bertz CT molecular complexity index is 618. The van der Waals surface area contributed by atoms with Crippen molar-refractivity contribution in [2.24, 2.45) is 11.8 Å². The number of nitrogens with zero attached hydrogens (tertiary/aromatic N) is 2. The van der Waals surface area contributed by atoms with Crippen LogP contribution in [0.5, 0.6) is 0 Å². The van der Waals surface area contributed by atoms with Crippen LogP contribution in [0.2, 0.25) is 0 Å². The Kier molecular flexibility index (Phi) is 4.35. The summed E-state index contributed by atoms with van der Waals surface area (Å²) >= 11 is 3.36. The second-order valence-corrected chi connectivity index (χ2v) is 7.39. The number of piperidine rings is 1. The molecular weight excluding hydrogens is 364 g/mol. The average Bonchev–Trinajstić information content (AvgIpc) is 2.96. The number of imidazole rings is 1. The second kappa shape index (κ2) is 6.14. The maximum Gasteiger partial charge on any atom is 0.407 e. The maximum atomic E-state index is 13.1.